The summed E-state index contributed by atoms with van der Waals surface area (Å²) in [7, 11) is 1.88. The van der Waals surface area contributed by atoms with Crippen molar-refractivity contribution in [3.05, 3.63) is 95.5 Å². The third kappa shape index (κ3) is 8.04. The van der Waals surface area contributed by atoms with E-state index < -0.39 is 0 Å². The third-order valence-corrected chi connectivity index (χ3v) is 6.99. The molecule has 0 aliphatic heterocycles. The Balaban J connectivity index is 1.13. The van der Waals surface area contributed by atoms with E-state index in [1.807, 2.05) is 72.4 Å². The number of pyridine rings is 1. The fourth-order valence-corrected chi connectivity index (χ4v) is 4.76. The second kappa shape index (κ2) is 15.0. The topological polar surface area (TPSA) is 69.6 Å². The molecule has 2 aromatic carbocycles. The molecule has 40 heavy (non-hydrogen) atoms. The maximum Gasteiger partial charge on any atom is 0.344 e. The standard InChI is InChI=1S/C34H40NO5/c1-3-4-16-31-32(29-15-9-10-17-30(29)40-31)33(36)26-18-20-28(21-19-26)38-23-11-7-5-6-8-12-24-39-34(37)27-14-13-22-35(2)25-27/h9-10,13-15,17-22,25H,3-8,11-12,16,23-24H2,1-2H3/q+1. The second-order valence-electron chi connectivity index (χ2n) is 10.2. The van der Waals surface area contributed by atoms with Gasteiger partial charge in [-0.25, -0.2) is 9.36 Å². The highest BCUT2D eigenvalue weighted by molar-refractivity contribution is 6.16. The number of para-hydroxylation sites is 1. The van der Waals surface area contributed by atoms with Crippen LogP contribution in [0, 0.1) is 0 Å². The Bertz CT molecular complexity index is 1390. The van der Waals surface area contributed by atoms with Gasteiger partial charge in [-0.05, 0) is 55.7 Å². The summed E-state index contributed by atoms with van der Waals surface area (Å²) < 4.78 is 19.2. The Morgan fingerprint density at radius 2 is 1.52 bits per heavy atom. The molecule has 0 fully saturated rings. The van der Waals surface area contributed by atoms with Crippen LogP contribution in [-0.2, 0) is 18.2 Å². The number of aryl methyl sites for hydroxylation is 2. The van der Waals surface area contributed by atoms with E-state index in [1.165, 1.54) is 0 Å². The van der Waals surface area contributed by atoms with Crippen molar-refractivity contribution in [2.24, 2.45) is 7.05 Å². The zero-order valence-corrected chi connectivity index (χ0v) is 23.7. The van der Waals surface area contributed by atoms with E-state index in [0.717, 1.165) is 80.3 Å². The van der Waals surface area contributed by atoms with Crippen LogP contribution in [0.4, 0.5) is 0 Å². The highest BCUT2D eigenvalue weighted by Crippen LogP contribution is 2.30. The van der Waals surface area contributed by atoms with Gasteiger partial charge in [0.25, 0.3) is 0 Å². The van der Waals surface area contributed by atoms with Crippen molar-refractivity contribution in [1.29, 1.82) is 0 Å². The number of rotatable bonds is 16. The number of fused-ring (bicyclic) bond motifs is 1. The molecule has 0 saturated carbocycles. The largest absolute Gasteiger partial charge is 0.494 e. The first-order chi connectivity index (χ1) is 19.6. The molecule has 0 aliphatic carbocycles. The van der Waals surface area contributed by atoms with Crippen LogP contribution in [0.1, 0.15) is 90.3 Å². The van der Waals surface area contributed by atoms with Gasteiger partial charge < -0.3 is 13.9 Å². The molecule has 0 atom stereocenters. The number of furan rings is 1. The van der Waals surface area contributed by atoms with Gasteiger partial charge in [0.05, 0.1) is 18.8 Å². The fraction of sp³-hybridized carbons (Fsp3) is 0.382. The van der Waals surface area contributed by atoms with Crippen LogP contribution >= 0.6 is 0 Å². The number of esters is 1. The zero-order chi connectivity index (χ0) is 28.2. The van der Waals surface area contributed by atoms with Gasteiger partial charge in [-0.3, -0.25) is 4.79 Å². The number of aromatic nitrogens is 1. The molecule has 2 aromatic heterocycles. The summed E-state index contributed by atoms with van der Waals surface area (Å²) >= 11 is 0. The van der Waals surface area contributed by atoms with Crippen molar-refractivity contribution in [2.75, 3.05) is 13.2 Å². The smallest absolute Gasteiger partial charge is 0.344 e. The summed E-state index contributed by atoms with van der Waals surface area (Å²) in [6.45, 7) is 3.24. The average molecular weight is 543 g/mol. The van der Waals surface area contributed by atoms with E-state index in [0.29, 0.717) is 29.9 Å². The Hall–Kier alpha value is -3.93. The highest BCUT2D eigenvalue weighted by atomic mass is 16.5. The fourth-order valence-electron chi connectivity index (χ4n) is 4.76. The lowest BCUT2D eigenvalue weighted by molar-refractivity contribution is -0.671. The molecule has 0 unspecified atom stereocenters. The van der Waals surface area contributed by atoms with Gasteiger partial charge in [0, 0.05) is 23.4 Å². The Morgan fingerprint density at radius 1 is 0.800 bits per heavy atom. The number of ketones is 1. The number of carbonyl (C=O) groups is 2. The lowest BCUT2D eigenvalue weighted by atomic mass is 9.98. The first kappa shape index (κ1) is 29.1. The van der Waals surface area contributed by atoms with E-state index in [9.17, 15) is 9.59 Å². The van der Waals surface area contributed by atoms with E-state index in [2.05, 4.69) is 6.92 Å². The first-order valence-electron chi connectivity index (χ1n) is 14.5. The summed E-state index contributed by atoms with van der Waals surface area (Å²) in [5, 5.41) is 0.876. The predicted octanol–water partition coefficient (Wildman–Crippen LogP) is 7.41. The van der Waals surface area contributed by atoms with Gasteiger partial charge in [0.15, 0.2) is 18.2 Å². The quantitative estimate of drug-likeness (QED) is 0.0638. The number of unbranched alkanes of at least 4 members (excludes halogenated alkanes) is 6. The molecule has 6 nitrogen and oxygen atoms in total. The van der Waals surface area contributed by atoms with Crippen molar-refractivity contribution in [1.82, 2.24) is 0 Å². The minimum Gasteiger partial charge on any atom is -0.494 e. The van der Waals surface area contributed by atoms with Crippen molar-refractivity contribution in [3.8, 4) is 5.75 Å². The van der Waals surface area contributed by atoms with E-state index >= 15 is 0 Å². The monoisotopic (exact) mass is 542 g/mol. The van der Waals surface area contributed by atoms with Gasteiger partial charge in [-0.2, -0.15) is 0 Å². The molecule has 6 heteroatoms. The summed E-state index contributed by atoms with van der Waals surface area (Å²) in [6, 6.07) is 18.8. The predicted molar refractivity (Wildman–Crippen MR) is 156 cm³/mol. The van der Waals surface area contributed by atoms with Crippen molar-refractivity contribution in [2.45, 2.75) is 64.7 Å². The number of nitrogens with zero attached hydrogens (tertiary/aromatic N) is 1. The summed E-state index contributed by atoms with van der Waals surface area (Å²) in [5.41, 5.74) is 2.66. The molecule has 0 aliphatic rings. The molecule has 0 radical (unpaired) electrons. The summed E-state index contributed by atoms with van der Waals surface area (Å²) in [6.07, 6.45) is 12.6. The molecule has 0 spiro atoms. The summed E-state index contributed by atoms with van der Waals surface area (Å²) in [5.74, 6) is 1.27. The van der Waals surface area contributed by atoms with E-state index in [1.54, 1.807) is 12.3 Å². The molecule has 0 N–H and O–H groups in total. The molecule has 0 bridgehead atoms. The van der Waals surface area contributed by atoms with Gasteiger partial charge >= 0.3 is 5.97 Å². The average Bonchev–Trinajstić information content (AvgIpc) is 3.35. The number of benzene rings is 2. The molecule has 4 aromatic rings. The number of hydrogen-bond donors (Lipinski definition) is 0. The minimum atomic E-state index is -0.266. The van der Waals surface area contributed by atoms with Crippen LogP contribution in [-0.4, -0.2) is 25.0 Å². The molecular formula is C34H40NO5+. The van der Waals surface area contributed by atoms with E-state index in [4.69, 9.17) is 13.9 Å². The number of ether oxygens (including phenoxy) is 2. The third-order valence-electron chi connectivity index (χ3n) is 6.99. The Morgan fingerprint density at radius 3 is 2.27 bits per heavy atom. The van der Waals surface area contributed by atoms with Crippen LogP contribution in [0.3, 0.4) is 0 Å². The molecule has 210 valence electrons. The van der Waals surface area contributed by atoms with Crippen LogP contribution < -0.4 is 9.30 Å². The Labute approximate surface area is 236 Å². The lowest BCUT2D eigenvalue weighted by Crippen LogP contribution is -2.28. The first-order valence-corrected chi connectivity index (χ1v) is 14.5. The molecule has 0 saturated heterocycles. The zero-order valence-electron chi connectivity index (χ0n) is 23.7. The normalized spacial score (nSPS) is 11.1. The molecule has 2 heterocycles. The number of hydrogen-bond acceptors (Lipinski definition) is 5. The number of carbonyl (C=O) groups excluding carboxylic acids is 2. The van der Waals surface area contributed by atoms with Crippen molar-refractivity contribution < 1.29 is 28.0 Å². The van der Waals surface area contributed by atoms with Gasteiger partial charge in [-0.15, -0.1) is 0 Å². The van der Waals surface area contributed by atoms with Crippen LogP contribution in [0.15, 0.2) is 77.5 Å². The van der Waals surface area contributed by atoms with Gasteiger partial charge in [0.1, 0.15) is 29.7 Å². The molecular weight excluding hydrogens is 502 g/mol. The van der Waals surface area contributed by atoms with Crippen LogP contribution in [0.2, 0.25) is 0 Å². The lowest BCUT2D eigenvalue weighted by Gasteiger charge is -2.08. The highest BCUT2D eigenvalue weighted by Gasteiger charge is 2.21. The van der Waals surface area contributed by atoms with Crippen molar-refractivity contribution >= 4 is 22.7 Å². The van der Waals surface area contributed by atoms with Gasteiger partial charge in [-0.1, -0.05) is 57.2 Å². The maximum absolute atomic E-state index is 13.4. The molecule has 0 amide bonds. The van der Waals surface area contributed by atoms with Gasteiger partial charge in [0.2, 0.25) is 0 Å². The van der Waals surface area contributed by atoms with Crippen molar-refractivity contribution in [3.63, 3.8) is 0 Å². The van der Waals surface area contributed by atoms with Crippen LogP contribution in [0.5, 0.6) is 5.75 Å². The Kier molecular flexibility index (Phi) is 10.9. The summed E-state index contributed by atoms with van der Waals surface area (Å²) in [4.78, 5) is 25.5. The maximum atomic E-state index is 13.4. The van der Waals surface area contributed by atoms with Crippen LogP contribution in [0.25, 0.3) is 11.0 Å². The van der Waals surface area contributed by atoms with E-state index in [-0.39, 0.29) is 11.8 Å². The molecule has 4 rings (SSSR count). The second-order valence-corrected chi connectivity index (χ2v) is 10.2. The minimum absolute atomic E-state index is 0.00784. The SMILES string of the molecule is CCCCc1oc2ccccc2c1C(=O)c1ccc(OCCCCCCCCOC(=O)c2ccc[n+](C)c2)cc1.